The lowest BCUT2D eigenvalue weighted by atomic mass is 9.97. The van der Waals surface area contributed by atoms with Crippen LogP contribution in [0.3, 0.4) is 0 Å². The van der Waals surface area contributed by atoms with Crippen LogP contribution >= 0.6 is 0 Å². The van der Waals surface area contributed by atoms with Crippen molar-refractivity contribution < 1.29 is 14.7 Å². The van der Waals surface area contributed by atoms with Crippen molar-refractivity contribution in [3.8, 4) is 0 Å². The Morgan fingerprint density at radius 3 is 2.14 bits per heavy atom. The Hall–Kier alpha value is -1.64. The molecule has 1 N–H and O–H groups in total. The highest BCUT2D eigenvalue weighted by Gasteiger charge is 2.18. The molecule has 3 nitrogen and oxygen atoms in total. The molecule has 0 bridgehead atoms. The SMILES string of the molecule is Cc1cc(C)cc(C(C=O)C(=O)O)c1. The smallest absolute Gasteiger partial charge is 0.318 e. The number of carbonyl (C=O) groups is 2. The van der Waals surface area contributed by atoms with Crippen LogP contribution in [-0.4, -0.2) is 17.4 Å². The number of aliphatic carboxylic acids is 1. The molecule has 0 fully saturated rings. The lowest BCUT2D eigenvalue weighted by Gasteiger charge is -2.07. The Labute approximate surface area is 82.4 Å². The van der Waals surface area contributed by atoms with Crippen molar-refractivity contribution in [1.82, 2.24) is 0 Å². The van der Waals surface area contributed by atoms with Gasteiger partial charge in [0, 0.05) is 0 Å². The number of hydrogen-bond donors (Lipinski definition) is 1. The maximum Gasteiger partial charge on any atom is 0.318 e. The first kappa shape index (κ1) is 10.4. The van der Waals surface area contributed by atoms with Crippen LogP contribution in [0.4, 0.5) is 0 Å². The van der Waals surface area contributed by atoms with Gasteiger partial charge in [0.1, 0.15) is 12.2 Å². The Morgan fingerprint density at radius 2 is 1.79 bits per heavy atom. The van der Waals surface area contributed by atoms with Crippen molar-refractivity contribution in [1.29, 1.82) is 0 Å². The third kappa shape index (κ3) is 2.19. The van der Waals surface area contributed by atoms with Gasteiger partial charge in [-0.25, -0.2) is 0 Å². The fraction of sp³-hybridized carbons (Fsp3) is 0.273. The van der Waals surface area contributed by atoms with E-state index < -0.39 is 11.9 Å². The van der Waals surface area contributed by atoms with E-state index in [1.165, 1.54) is 0 Å². The molecule has 1 aromatic carbocycles. The first-order valence-electron chi connectivity index (χ1n) is 4.31. The largest absolute Gasteiger partial charge is 0.480 e. The Morgan fingerprint density at radius 1 is 1.29 bits per heavy atom. The molecule has 1 unspecified atom stereocenters. The van der Waals surface area contributed by atoms with E-state index in [9.17, 15) is 9.59 Å². The molecule has 14 heavy (non-hydrogen) atoms. The number of hydrogen-bond acceptors (Lipinski definition) is 2. The van der Waals surface area contributed by atoms with Gasteiger partial charge in [-0.2, -0.15) is 0 Å². The van der Waals surface area contributed by atoms with E-state index in [0.29, 0.717) is 11.8 Å². The highest BCUT2D eigenvalue weighted by atomic mass is 16.4. The number of rotatable bonds is 3. The fourth-order valence-corrected chi connectivity index (χ4v) is 1.47. The summed E-state index contributed by atoms with van der Waals surface area (Å²) in [5, 5.41) is 8.78. The monoisotopic (exact) mass is 192 g/mol. The number of carboxylic acids is 1. The quantitative estimate of drug-likeness (QED) is 0.585. The molecule has 0 amide bonds. The molecule has 0 spiro atoms. The molecule has 1 aromatic rings. The maximum absolute atomic E-state index is 10.7. The first-order chi connectivity index (χ1) is 6.54. The number of carbonyl (C=O) groups excluding carboxylic acids is 1. The van der Waals surface area contributed by atoms with Crippen molar-refractivity contribution >= 4 is 12.3 Å². The van der Waals surface area contributed by atoms with Crippen molar-refractivity contribution in [2.75, 3.05) is 0 Å². The molecule has 0 aliphatic heterocycles. The van der Waals surface area contributed by atoms with E-state index in [1.807, 2.05) is 19.9 Å². The van der Waals surface area contributed by atoms with E-state index in [2.05, 4.69) is 0 Å². The zero-order chi connectivity index (χ0) is 10.7. The van der Waals surface area contributed by atoms with Crippen LogP contribution in [0.5, 0.6) is 0 Å². The van der Waals surface area contributed by atoms with Crippen molar-refractivity contribution in [2.24, 2.45) is 0 Å². The molecule has 0 heterocycles. The van der Waals surface area contributed by atoms with Crippen LogP contribution in [0.15, 0.2) is 18.2 Å². The number of aldehydes is 1. The van der Waals surface area contributed by atoms with Gasteiger partial charge in [0.2, 0.25) is 0 Å². The summed E-state index contributed by atoms with van der Waals surface area (Å²) in [4.78, 5) is 21.3. The van der Waals surface area contributed by atoms with E-state index >= 15 is 0 Å². The van der Waals surface area contributed by atoms with Gasteiger partial charge in [0.05, 0.1) is 0 Å². The average Bonchev–Trinajstić information content (AvgIpc) is 2.02. The van der Waals surface area contributed by atoms with Crippen molar-refractivity contribution in [3.05, 3.63) is 34.9 Å². The van der Waals surface area contributed by atoms with Crippen LogP contribution in [0.1, 0.15) is 22.6 Å². The van der Waals surface area contributed by atoms with Gasteiger partial charge in [-0.1, -0.05) is 29.3 Å². The predicted molar refractivity (Wildman–Crippen MR) is 52.4 cm³/mol. The number of carboxylic acid groups (broad SMARTS) is 1. The van der Waals surface area contributed by atoms with E-state index in [-0.39, 0.29) is 0 Å². The van der Waals surface area contributed by atoms with Crippen LogP contribution < -0.4 is 0 Å². The number of benzene rings is 1. The molecule has 0 aromatic heterocycles. The second-order valence-electron chi connectivity index (χ2n) is 3.37. The van der Waals surface area contributed by atoms with Gasteiger partial charge in [0.15, 0.2) is 0 Å². The first-order valence-corrected chi connectivity index (χ1v) is 4.31. The average molecular weight is 192 g/mol. The minimum Gasteiger partial charge on any atom is -0.480 e. The summed E-state index contributed by atoms with van der Waals surface area (Å²) in [5.74, 6) is -2.15. The van der Waals surface area contributed by atoms with Crippen LogP contribution in [0.2, 0.25) is 0 Å². The summed E-state index contributed by atoms with van der Waals surface area (Å²) in [6.45, 7) is 3.75. The van der Waals surface area contributed by atoms with Crippen LogP contribution in [0.25, 0.3) is 0 Å². The molecular weight excluding hydrogens is 180 g/mol. The Bertz CT molecular complexity index is 349. The highest BCUT2D eigenvalue weighted by Crippen LogP contribution is 2.17. The minimum absolute atomic E-state index is 0.455. The molecule has 1 rings (SSSR count). The highest BCUT2D eigenvalue weighted by molar-refractivity contribution is 5.92. The fourth-order valence-electron chi connectivity index (χ4n) is 1.47. The molecular formula is C11H12O3. The predicted octanol–water partition coefficient (Wildman–Crippen LogP) is 1.67. The topological polar surface area (TPSA) is 54.4 Å². The zero-order valence-corrected chi connectivity index (χ0v) is 8.15. The summed E-state index contributed by atoms with van der Waals surface area (Å²) >= 11 is 0. The molecule has 3 heteroatoms. The molecule has 0 radical (unpaired) electrons. The summed E-state index contributed by atoms with van der Waals surface area (Å²) < 4.78 is 0. The standard InChI is InChI=1S/C11H12O3/c1-7-3-8(2)5-9(4-7)10(6-12)11(13)14/h3-6,10H,1-2H3,(H,13,14). The molecule has 0 saturated carbocycles. The van der Waals surface area contributed by atoms with Crippen molar-refractivity contribution in [3.63, 3.8) is 0 Å². The van der Waals surface area contributed by atoms with Gasteiger partial charge in [-0.3, -0.25) is 4.79 Å². The van der Waals surface area contributed by atoms with E-state index in [4.69, 9.17) is 5.11 Å². The van der Waals surface area contributed by atoms with Crippen LogP contribution in [-0.2, 0) is 9.59 Å². The van der Waals surface area contributed by atoms with Gasteiger partial charge in [0.25, 0.3) is 0 Å². The second kappa shape index (κ2) is 4.05. The zero-order valence-electron chi connectivity index (χ0n) is 8.15. The molecule has 74 valence electrons. The van der Waals surface area contributed by atoms with E-state index in [0.717, 1.165) is 11.1 Å². The van der Waals surface area contributed by atoms with Gasteiger partial charge in [-0.15, -0.1) is 0 Å². The van der Waals surface area contributed by atoms with Gasteiger partial charge < -0.3 is 9.90 Å². The molecule has 1 atom stereocenters. The lowest BCUT2D eigenvalue weighted by Crippen LogP contribution is -2.13. The lowest BCUT2D eigenvalue weighted by molar-refractivity contribution is -0.140. The molecule has 0 aliphatic rings. The normalized spacial score (nSPS) is 12.1. The molecule has 0 saturated heterocycles. The summed E-state index contributed by atoms with van der Waals surface area (Å²) in [6, 6.07) is 5.38. The summed E-state index contributed by atoms with van der Waals surface area (Å²) in [6.07, 6.45) is 0.455. The summed E-state index contributed by atoms with van der Waals surface area (Å²) in [5.41, 5.74) is 2.48. The van der Waals surface area contributed by atoms with Crippen molar-refractivity contribution in [2.45, 2.75) is 19.8 Å². The molecule has 0 aliphatic carbocycles. The second-order valence-corrected chi connectivity index (χ2v) is 3.37. The Balaban J connectivity index is 3.16. The third-order valence-electron chi connectivity index (χ3n) is 2.01. The van der Waals surface area contributed by atoms with Gasteiger partial charge >= 0.3 is 5.97 Å². The maximum atomic E-state index is 10.7. The third-order valence-corrected chi connectivity index (χ3v) is 2.01. The van der Waals surface area contributed by atoms with E-state index in [1.54, 1.807) is 12.1 Å². The van der Waals surface area contributed by atoms with Crippen LogP contribution in [0, 0.1) is 13.8 Å². The summed E-state index contributed by atoms with van der Waals surface area (Å²) in [7, 11) is 0. The minimum atomic E-state index is -1.11. The van der Waals surface area contributed by atoms with Gasteiger partial charge in [-0.05, 0) is 19.4 Å². The Kier molecular flexibility index (Phi) is 3.02. The number of aryl methyl sites for hydroxylation is 2.